The number of halogens is 1. The van der Waals surface area contributed by atoms with Crippen LogP contribution in [-0.2, 0) is 6.54 Å². The first kappa shape index (κ1) is 11.2. The van der Waals surface area contributed by atoms with Gasteiger partial charge in [-0.15, -0.1) is 0 Å². The maximum absolute atomic E-state index is 5.30. The lowest BCUT2D eigenvalue weighted by Gasteiger charge is -2.17. The lowest BCUT2D eigenvalue weighted by Crippen LogP contribution is -2.17. The standard InChI is InChI=1S/C12H13BrN2O/c1-9-6-12(14-7-11(9)13)15(2)8-10-4-3-5-16-10/h3-7H,8H2,1-2H3. The molecule has 0 aromatic carbocycles. The number of hydrogen-bond donors (Lipinski definition) is 0. The Morgan fingerprint density at radius 3 is 2.94 bits per heavy atom. The molecule has 0 atom stereocenters. The third kappa shape index (κ3) is 2.44. The van der Waals surface area contributed by atoms with Crippen molar-refractivity contribution in [2.75, 3.05) is 11.9 Å². The second-order valence-corrected chi connectivity index (χ2v) is 4.58. The number of nitrogens with zero attached hydrogens (tertiary/aromatic N) is 2. The lowest BCUT2D eigenvalue weighted by molar-refractivity contribution is 0.507. The average Bonchev–Trinajstić information content (AvgIpc) is 2.74. The Kier molecular flexibility index (Phi) is 3.29. The summed E-state index contributed by atoms with van der Waals surface area (Å²) < 4.78 is 6.33. The van der Waals surface area contributed by atoms with Crippen molar-refractivity contribution in [3.8, 4) is 0 Å². The van der Waals surface area contributed by atoms with Gasteiger partial charge in [0.2, 0.25) is 0 Å². The van der Waals surface area contributed by atoms with Crippen molar-refractivity contribution in [3.05, 3.63) is 46.5 Å². The maximum atomic E-state index is 5.30. The van der Waals surface area contributed by atoms with E-state index >= 15 is 0 Å². The molecule has 0 aliphatic heterocycles. The fourth-order valence-electron chi connectivity index (χ4n) is 1.45. The summed E-state index contributed by atoms with van der Waals surface area (Å²) >= 11 is 3.44. The van der Waals surface area contributed by atoms with Crippen LogP contribution in [0, 0.1) is 6.92 Å². The van der Waals surface area contributed by atoms with E-state index in [0.29, 0.717) is 0 Å². The van der Waals surface area contributed by atoms with E-state index in [1.807, 2.05) is 31.4 Å². The fourth-order valence-corrected chi connectivity index (χ4v) is 1.67. The summed E-state index contributed by atoms with van der Waals surface area (Å²) in [5.74, 6) is 1.88. The molecule has 0 saturated carbocycles. The van der Waals surface area contributed by atoms with Crippen LogP contribution in [0.4, 0.5) is 5.82 Å². The minimum absolute atomic E-state index is 0.723. The second kappa shape index (κ2) is 4.70. The molecule has 0 spiro atoms. The number of pyridine rings is 1. The summed E-state index contributed by atoms with van der Waals surface area (Å²) in [6.07, 6.45) is 3.51. The molecule has 0 N–H and O–H groups in total. The van der Waals surface area contributed by atoms with Gasteiger partial charge in [0.1, 0.15) is 11.6 Å². The van der Waals surface area contributed by atoms with Crippen LogP contribution >= 0.6 is 15.9 Å². The number of rotatable bonds is 3. The highest BCUT2D eigenvalue weighted by Gasteiger charge is 2.06. The Morgan fingerprint density at radius 1 is 1.50 bits per heavy atom. The predicted molar refractivity (Wildman–Crippen MR) is 67.5 cm³/mol. The van der Waals surface area contributed by atoms with Crippen LogP contribution in [0.3, 0.4) is 0 Å². The molecule has 2 rings (SSSR count). The molecular weight excluding hydrogens is 268 g/mol. The topological polar surface area (TPSA) is 29.3 Å². The van der Waals surface area contributed by atoms with Crippen molar-refractivity contribution in [3.63, 3.8) is 0 Å². The van der Waals surface area contributed by atoms with E-state index in [1.165, 1.54) is 5.56 Å². The van der Waals surface area contributed by atoms with E-state index in [-0.39, 0.29) is 0 Å². The van der Waals surface area contributed by atoms with Crippen LogP contribution in [-0.4, -0.2) is 12.0 Å². The van der Waals surface area contributed by atoms with Crippen molar-refractivity contribution >= 4 is 21.7 Å². The van der Waals surface area contributed by atoms with Crippen molar-refractivity contribution in [2.24, 2.45) is 0 Å². The van der Waals surface area contributed by atoms with Crippen LogP contribution in [0.15, 0.2) is 39.5 Å². The smallest absolute Gasteiger partial charge is 0.128 e. The number of furan rings is 1. The van der Waals surface area contributed by atoms with Crippen molar-refractivity contribution in [1.29, 1.82) is 0 Å². The van der Waals surface area contributed by atoms with E-state index in [0.717, 1.165) is 22.6 Å². The van der Waals surface area contributed by atoms with Gasteiger partial charge in [0, 0.05) is 17.7 Å². The minimum Gasteiger partial charge on any atom is -0.467 e. The van der Waals surface area contributed by atoms with Gasteiger partial charge in [-0.3, -0.25) is 0 Å². The summed E-state index contributed by atoms with van der Waals surface area (Å²) in [6.45, 7) is 2.77. The molecule has 2 aromatic rings. The number of hydrogen-bond acceptors (Lipinski definition) is 3. The Bertz CT molecular complexity index is 468. The highest BCUT2D eigenvalue weighted by atomic mass is 79.9. The first-order valence-corrected chi connectivity index (χ1v) is 5.82. The molecule has 0 bridgehead atoms. The van der Waals surface area contributed by atoms with Gasteiger partial charge in [-0.25, -0.2) is 4.98 Å². The molecule has 4 heteroatoms. The monoisotopic (exact) mass is 280 g/mol. The normalized spacial score (nSPS) is 10.4. The zero-order chi connectivity index (χ0) is 11.5. The first-order chi connectivity index (χ1) is 7.66. The first-order valence-electron chi connectivity index (χ1n) is 5.02. The molecular formula is C12H13BrN2O. The molecule has 0 aliphatic carbocycles. The molecule has 2 heterocycles. The number of anilines is 1. The predicted octanol–water partition coefficient (Wildman–Crippen LogP) is 3.38. The van der Waals surface area contributed by atoms with Gasteiger partial charge >= 0.3 is 0 Å². The van der Waals surface area contributed by atoms with Crippen LogP contribution in [0.1, 0.15) is 11.3 Å². The van der Waals surface area contributed by atoms with Crippen LogP contribution < -0.4 is 4.90 Å². The Balaban J connectivity index is 2.14. The fraction of sp³-hybridized carbons (Fsp3) is 0.250. The van der Waals surface area contributed by atoms with Gasteiger partial charge in [-0.1, -0.05) is 0 Å². The van der Waals surface area contributed by atoms with Crippen LogP contribution in [0.25, 0.3) is 0 Å². The molecule has 0 fully saturated rings. The zero-order valence-electron chi connectivity index (χ0n) is 9.27. The molecule has 2 aromatic heterocycles. The molecule has 0 aliphatic rings. The van der Waals surface area contributed by atoms with Crippen LogP contribution in [0.2, 0.25) is 0 Å². The summed E-state index contributed by atoms with van der Waals surface area (Å²) in [4.78, 5) is 6.41. The largest absolute Gasteiger partial charge is 0.467 e. The third-order valence-electron chi connectivity index (χ3n) is 2.40. The highest BCUT2D eigenvalue weighted by Crippen LogP contribution is 2.20. The van der Waals surface area contributed by atoms with E-state index in [1.54, 1.807) is 6.26 Å². The maximum Gasteiger partial charge on any atom is 0.128 e. The Hall–Kier alpha value is -1.29. The van der Waals surface area contributed by atoms with Gasteiger partial charge in [0.05, 0.1) is 12.8 Å². The van der Waals surface area contributed by atoms with Gasteiger partial charge in [0.15, 0.2) is 0 Å². The zero-order valence-corrected chi connectivity index (χ0v) is 10.9. The summed E-state index contributed by atoms with van der Waals surface area (Å²) in [5, 5.41) is 0. The van der Waals surface area contributed by atoms with Crippen LogP contribution in [0.5, 0.6) is 0 Å². The van der Waals surface area contributed by atoms with Crippen molar-refractivity contribution in [1.82, 2.24) is 4.98 Å². The second-order valence-electron chi connectivity index (χ2n) is 3.73. The molecule has 84 valence electrons. The Morgan fingerprint density at radius 2 is 2.31 bits per heavy atom. The van der Waals surface area contributed by atoms with E-state index in [4.69, 9.17) is 4.42 Å². The number of aromatic nitrogens is 1. The third-order valence-corrected chi connectivity index (χ3v) is 3.23. The van der Waals surface area contributed by atoms with Gasteiger partial charge in [-0.05, 0) is 46.6 Å². The molecule has 0 radical (unpaired) electrons. The molecule has 0 saturated heterocycles. The van der Waals surface area contributed by atoms with Gasteiger partial charge in [-0.2, -0.15) is 0 Å². The average molecular weight is 281 g/mol. The summed E-state index contributed by atoms with van der Waals surface area (Å²) in [5.41, 5.74) is 1.18. The molecule has 0 unspecified atom stereocenters. The SMILES string of the molecule is Cc1cc(N(C)Cc2ccco2)ncc1Br. The highest BCUT2D eigenvalue weighted by molar-refractivity contribution is 9.10. The van der Waals surface area contributed by atoms with E-state index in [9.17, 15) is 0 Å². The minimum atomic E-state index is 0.723. The summed E-state index contributed by atoms with van der Waals surface area (Å²) in [7, 11) is 2.00. The molecule has 3 nitrogen and oxygen atoms in total. The lowest BCUT2D eigenvalue weighted by atomic mass is 10.3. The molecule has 0 amide bonds. The number of aryl methyl sites for hydroxylation is 1. The van der Waals surface area contributed by atoms with Crippen molar-refractivity contribution < 1.29 is 4.42 Å². The quantitative estimate of drug-likeness (QED) is 0.863. The van der Waals surface area contributed by atoms with Gasteiger partial charge < -0.3 is 9.32 Å². The molecule has 16 heavy (non-hydrogen) atoms. The summed E-state index contributed by atoms with van der Waals surface area (Å²) in [6, 6.07) is 5.90. The van der Waals surface area contributed by atoms with Gasteiger partial charge in [0.25, 0.3) is 0 Å². The van der Waals surface area contributed by atoms with E-state index in [2.05, 4.69) is 32.7 Å². The Labute approximate surface area is 103 Å². The van der Waals surface area contributed by atoms with Crippen molar-refractivity contribution in [2.45, 2.75) is 13.5 Å². The van der Waals surface area contributed by atoms with E-state index < -0.39 is 0 Å².